The van der Waals surface area contributed by atoms with Gasteiger partial charge in [-0.3, -0.25) is 4.79 Å². The maximum Gasteiger partial charge on any atom is 0.255 e. The molecule has 1 heterocycles. The van der Waals surface area contributed by atoms with Crippen molar-refractivity contribution in [1.82, 2.24) is 15.1 Å². The molecule has 1 unspecified atom stereocenters. The Hall–Kier alpha value is -3.66. The Labute approximate surface area is 208 Å². The highest BCUT2D eigenvalue weighted by Gasteiger charge is 2.31. The molecule has 1 atom stereocenters. The zero-order valence-electron chi connectivity index (χ0n) is 20.4. The standard InChI is InChI=1S/C31H33N3O/c1-2-14-27-28(31(35)32-29(24-19-12-13-20-24)23-15-6-3-7-16-23)30(25-17-8-4-9-18-25)33-34(27)26-21-10-5-11-22-26/h3-11,15-18,21-22,24,29H,2,12-14,19-20H2,1H3,(H,32,35). The topological polar surface area (TPSA) is 46.9 Å². The fourth-order valence-electron chi connectivity index (χ4n) is 5.38. The lowest BCUT2D eigenvalue weighted by Gasteiger charge is -2.25. The first-order valence-corrected chi connectivity index (χ1v) is 12.8. The third kappa shape index (κ3) is 4.93. The average molecular weight is 464 g/mol. The van der Waals surface area contributed by atoms with Gasteiger partial charge in [0.05, 0.1) is 23.0 Å². The van der Waals surface area contributed by atoms with Gasteiger partial charge in [-0.15, -0.1) is 0 Å². The largest absolute Gasteiger partial charge is 0.345 e. The quantitative estimate of drug-likeness (QED) is 0.301. The number of aromatic nitrogens is 2. The second-order valence-corrected chi connectivity index (χ2v) is 9.44. The van der Waals surface area contributed by atoms with Gasteiger partial charge in [-0.25, -0.2) is 4.68 Å². The maximum absolute atomic E-state index is 14.2. The van der Waals surface area contributed by atoms with E-state index in [9.17, 15) is 4.79 Å². The number of nitrogens with one attached hydrogen (secondary N) is 1. The molecule has 0 bridgehead atoms. The molecular weight excluding hydrogens is 430 g/mol. The molecule has 4 heteroatoms. The van der Waals surface area contributed by atoms with Crippen LogP contribution in [-0.2, 0) is 6.42 Å². The van der Waals surface area contributed by atoms with Gasteiger partial charge in [0.1, 0.15) is 5.69 Å². The monoisotopic (exact) mass is 463 g/mol. The molecule has 1 N–H and O–H groups in total. The van der Waals surface area contributed by atoms with E-state index < -0.39 is 0 Å². The van der Waals surface area contributed by atoms with Crippen molar-refractivity contribution < 1.29 is 4.79 Å². The molecule has 4 nitrogen and oxygen atoms in total. The Bertz CT molecular complexity index is 1240. The maximum atomic E-state index is 14.2. The lowest BCUT2D eigenvalue weighted by atomic mass is 9.91. The van der Waals surface area contributed by atoms with Crippen LogP contribution in [0.4, 0.5) is 0 Å². The van der Waals surface area contributed by atoms with Crippen LogP contribution in [0.2, 0.25) is 0 Å². The highest BCUT2D eigenvalue weighted by Crippen LogP contribution is 2.37. The van der Waals surface area contributed by atoms with Crippen LogP contribution >= 0.6 is 0 Å². The van der Waals surface area contributed by atoms with Gasteiger partial charge in [0, 0.05) is 5.56 Å². The summed E-state index contributed by atoms with van der Waals surface area (Å²) in [7, 11) is 0. The number of carbonyl (C=O) groups is 1. The summed E-state index contributed by atoms with van der Waals surface area (Å²) in [4.78, 5) is 14.2. The fourth-order valence-corrected chi connectivity index (χ4v) is 5.38. The lowest BCUT2D eigenvalue weighted by Crippen LogP contribution is -2.33. The van der Waals surface area contributed by atoms with Crippen molar-refractivity contribution in [3.8, 4) is 16.9 Å². The van der Waals surface area contributed by atoms with E-state index >= 15 is 0 Å². The molecule has 178 valence electrons. The van der Waals surface area contributed by atoms with Crippen LogP contribution in [0.15, 0.2) is 91.0 Å². The molecule has 35 heavy (non-hydrogen) atoms. The van der Waals surface area contributed by atoms with Crippen LogP contribution in [0.1, 0.15) is 66.7 Å². The smallest absolute Gasteiger partial charge is 0.255 e. The van der Waals surface area contributed by atoms with Crippen LogP contribution < -0.4 is 5.32 Å². The molecule has 0 saturated heterocycles. The van der Waals surface area contributed by atoms with Crippen molar-refractivity contribution in [3.63, 3.8) is 0 Å². The Morgan fingerprint density at radius 2 is 1.51 bits per heavy atom. The minimum Gasteiger partial charge on any atom is -0.345 e. The van der Waals surface area contributed by atoms with Gasteiger partial charge in [-0.1, -0.05) is 105 Å². The molecular formula is C31H33N3O. The summed E-state index contributed by atoms with van der Waals surface area (Å²) in [5.41, 5.74) is 5.52. The van der Waals surface area contributed by atoms with E-state index in [1.54, 1.807) is 0 Å². The Morgan fingerprint density at radius 3 is 2.14 bits per heavy atom. The number of para-hydroxylation sites is 1. The van der Waals surface area contributed by atoms with E-state index in [1.165, 1.54) is 18.4 Å². The second-order valence-electron chi connectivity index (χ2n) is 9.44. The average Bonchev–Trinajstić information content (AvgIpc) is 3.58. The first-order chi connectivity index (χ1) is 17.3. The normalized spacial score (nSPS) is 14.7. The molecule has 0 radical (unpaired) electrons. The highest BCUT2D eigenvalue weighted by atomic mass is 16.1. The number of benzene rings is 3. The van der Waals surface area contributed by atoms with Crippen LogP contribution in [0, 0.1) is 5.92 Å². The molecule has 3 aromatic carbocycles. The molecule has 1 aliphatic carbocycles. The summed E-state index contributed by atoms with van der Waals surface area (Å²) in [5.74, 6) is 0.426. The van der Waals surface area contributed by atoms with Gasteiger partial charge < -0.3 is 5.32 Å². The summed E-state index contributed by atoms with van der Waals surface area (Å²) in [6.45, 7) is 2.15. The first kappa shape index (κ1) is 23.1. The zero-order valence-corrected chi connectivity index (χ0v) is 20.4. The van der Waals surface area contributed by atoms with Gasteiger partial charge >= 0.3 is 0 Å². The van der Waals surface area contributed by atoms with Crippen molar-refractivity contribution >= 4 is 5.91 Å². The van der Waals surface area contributed by atoms with E-state index in [4.69, 9.17) is 5.10 Å². The number of amides is 1. The van der Waals surface area contributed by atoms with E-state index in [-0.39, 0.29) is 11.9 Å². The first-order valence-electron chi connectivity index (χ1n) is 12.8. The summed E-state index contributed by atoms with van der Waals surface area (Å²) >= 11 is 0. The van der Waals surface area contributed by atoms with Crippen molar-refractivity contribution in [2.45, 2.75) is 51.5 Å². The van der Waals surface area contributed by atoms with Gasteiger partial charge in [0.2, 0.25) is 0 Å². The van der Waals surface area contributed by atoms with Crippen LogP contribution in [0.5, 0.6) is 0 Å². The van der Waals surface area contributed by atoms with E-state index in [1.807, 2.05) is 71.4 Å². The fraction of sp³-hybridized carbons (Fsp3) is 0.290. The second kappa shape index (κ2) is 10.7. The summed E-state index contributed by atoms with van der Waals surface area (Å²) in [6.07, 6.45) is 6.46. The van der Waals surface area contributed by atoms with E-state index in [2.05, 4.69) is 36.5 Å². The molecule has 1 aliphatic rings. The SMILES string of the molecule is CCCc1c(C(=O)NC(c2ccccc2)C2CCCC2)c(-c2ccccc2)nn1-c1ccccc1. The predicted octanol–water partition coefficient (Wildman–Crippen LogP) is 7.15. The molecule has 1 amide bonds. The minimum atomic E-state index is -0.0322. The van der Waals surface area contributed by atoms with Gasteiger partial charge in [0.15, 0.2) is 0 Å². The Morgan fingerprint density at radius 1 is 0.914 bits per heavy atom. The molecule has 4 aromatic rings. The Balaban J connectivity index is 1.61. The molecule has 0 aliphatic heterocycles. The number of nitrogens with zero attached hydrogens (tertiary/aromatic N) is 2. The van der Waals surface area contributed by atoms with Gasteiger partial charge in [0.25, 0.3) is 5.91 Å². The minimum absolute atomic E-state index is 0.00405. The molecule has 0 spiro atoms. The third-order valence-electron chi connectivity index (χ3n) is 7.06. The summed E-state index contributed by atoms with van der Waals surface area (Å²) < 4.78 is 1.97. The number of carbonyl (C=O) groups excluding carboxylic acids is 1. The molecule has 1 saturated carbocycles. The number of rotatable bonds is 8. The zero-order chi connectivity index (χ0) is 24.0. The number of hydrogen-bond acceptors (Lipinski definition) is 2. The third-order valence-corrected chi connectivity index (χ3v) is 7.06. The molecule has 5 rings (SSSR count). The van der Waals surface area contributed by atoms with E-state index in [0.29, 0.717) is 11.5 Å². The Kier molecular flexibility index (Phi) is 7.08. The lowest BCUT2D eigenvalue weighted by molar-refractivity contribution is 0.0921. The van der Waals surface area contributed by atoms with Crippen molar-refractivity contribution in [1.29, 1.82) is 0 Å². The summed E-state index contributed by atoms with van der Waals surface area (Å²) in [5, 5.41) is 8.50. The van der Waals surface area contributed by atoms with Gasteiger partial charge in [-0.05, 0) is 42.9 Å². The van der Waals surface area contributed by atoms with Crippen LogP contribution in [0.25, 0.3) is 16.9 Å². The highest BCUT2D eigenvalue weighted by molar-refractivity contribution is 6.01. The summed E-state index contributed by atoms with van der Waals surface area (Å²) in [6, 6.07) is 30.7. The van der Waals surface area contributed by atoms with Crippen LogP contribution in [-0.4, -0.2) is 15.7 Å². The number of hydrogen-bond donors (Lipinski definition) is 1. The van der Waals surface area contributed by atoms with E-state index in [0.717, 1.165) is 48.3 Å². The van der Waals surface area contributed by atoms with Gasteiger partial charge in [-0.2, -0.15) is 5.10 Å². The molecule has 1 fully saturated rings. The van der Waals surface area contributed by atoms with Crippen molar-refractivity contribution in [2.24, 2.45) is 5.92 Å². The van der Waals surface area contributed by atoms with Crippen molar-refractivity contribution in [2.75, 3.05) is 0 Å². The van der Waals surface area contributed by atoms with Crippen LogP contribution in [0.3, 0.4) is 0 Å². The predicted molar refractivity (Wildman–Crippen MR) is 142 cm³/mol. The molecule has 1 aromatic heterocycles. The van der Waals surface area contributed by atoms with Crippen molar-refractivity contribution in [3.05, 3.63) is 108 Å².